The minimum absolute atomic E-state index is 0.0313. The highest BCUT2D eigenvalue weighted by molar-refractivity contribution is 5.39. The molecule has 2 aromatic rings. The third kappa shape index (κ3) is 2.54. The molecule has 0 aliphatic carbocycles. The molecule has 18 heavy (non-hydrogen) atoms. The molecule has 0 atom stereocenters. The molecule has 1 aromatic heterocycles. The molecule has 0 N–H and O–H groups in total. The number of benzene rings is 1. The van der Waals surface area contributed by atoms with Crippen LogP contribution in [-0.2, 0) is 0 Å². The molecule has 2 rings (SSSR count). The first-order valence-electron chi connectivity index (χ1n) is 4.65. The van der Waals surface area contributed by atoms with Crippen molar-refractivity contribution in [2.45, 2.75) is 0 Å². The Morgan fingerprint density at radius 2 is 2.00 bits per heavy atom. The highest BCUT2D eigenvalue weighted by Crippen LogP contribution is 2.25. The smallest absolute Gasteiger partial charge is 0.305 e. The number of halogens is 2. The number of nitro groups is 1. The van der Waals surface area contributed by atoms with Crippen molar-refractivity contribution < 1.29 is 18.4 Å². The molecule has 0 aliphatic heterocycles. The van der Waals surface area contributed by atoms with E-state index in [1.54, 1.807) is 0 Å². The third-order valence-electron chi connectivity index (χ3n) is 1.95. The van der Waals surface area contributed by atoms with E-state index in [9.17, 15) is 18.9 Å². The molecular formula is C10H5F2N3O3. The van der Waals surface area contributed by atoms with E-state index in [0.29, 0.717) is 0 Å². The highest BCUT2D eigenvalue weighted by Gasteiger charge is 2.14. The minimum Gasteiger partial charge on any atom is -0.439 e. The van der Waals surface area contributed by atoms with E-state index >= 15 is 0 Å². The van der Waals surface area contributed by atoms with Crippen LogP contribution in [0.25, 0.3) is 0 Å². The van der Waals surface area contributed by atoms with Gasteiger partial charge in [-0.1, -0.05) is 0 Å². The Morgan fingerprint density at radius 3 is 2.61 bits per heavy atom. The van der Waals surface area contributed by atoms with Gasteiger partial charge in [-0.15, -0.1) is 0 Å². The van der Waals surface area contributed by atoms with E-state index in [0.717, 1.165) is 24.5 Å². The van der Waals surface area contributed by atoms with Gasteiger partial charge in [-0.2, -0.15) is 8.78 Å². The van der Waals surface area contributed by atoms with Crippen LogP contribution in [0.1, 0.15) is 0 Å². The SMILES string of the molecule is O=[N+]([O-])c1ccc(Oc2cc(F)ncn2)cc1F. The molecule has 1 heterocycles. The van der Waals surface area contributed by atoms with Crippen molar-refractivity contribution in [3.8, 4) is 11.6 Å². The maximum Gasteiger partial charge on any atom is 0.305 e. The predicted molar refractivity (Wildman–Crippen MR) is 55.1 cm³/mol. The fraction of sp³-hybridized carbons (Fsp3) is 0. The second-order valence-corrected chi connectivity index (χ2v) is 3.15. The molecule has 0 saturated carbocycles. The summed E-state index contributed by atoms with van der Waals surface area (Å²) in [5, 5.41) is 10.4. The number of nitrogens with zero attached hydrogens (tertiary/aromatic N) is 3. The summed E-state index contributed by atoms with van der Waals surface area (Å²) >= 11 is 0. The van der Waals surface area contributed by atoms with Gasteiger partial charge in [0.05, 0.1) is 11.0 Å². The first-order valence-corrected chi connectivity index (χ1v) is 4.65. The predicted octanol–water partition coefficient (Wildman–Crippen LogP) is 2.46. The molecule has 0 radical (unpaired) electrons. The molecule has 0 amide bonds. The molecule has 1 aromatic carbocycles. The number of hydrogen-bond acceptors (Lipinski definition) is 5. The quantitative estimate of drug-likeness (QED) is 0.477. The van der Waals surface area contributed by atoms with Crippen molar-refractivity contribution in [3.05, 3.63) is 52.5 Å². The van der Waals surface area contributed by atoms with Gasteiger partial charge in [-0.3, -0.25) is 10.1 Å². The van der Waals surface area contributed by atoms with E-state index in [2.05, 4.69) is 9.97 Å². The van der Waals surface area contributed by atoms with Crippen molar-refractivity contribution in [1.82, 2.24) is 9.97 Å². The van der Waals surface area contributed by atoms with Crippen LogP contribution in [-0.4, -0.2) is 14.9 Å². The summed E-state index contributed by atoms with van der Waals surface area (Å²) in [6.45, 7) is 0. The van der Waals surface area contributed by atoms with E-state index < -0.39 is 22.4 Å². The third-order valence-corrected chi connectivity index (χ3v) is 1.95. The van der Waals surface area contributed by atoms with Crippen molar-refractivity contribution in [3.63, 3.8) is 0 Å². The maximum absolute atomic E-state index is 13.3. The number of hydrogen-bond donors (Lipinski definition) is 0. The lowest BCUT2D eigenvalue weighted by atomic mass is 10.3. The first-order chi connectivity index (χ1) is 8.56. The number of rotatable bonds is 3. The number of aromatic nitrogens is 2. The van der Waals surface area contributed by atoms with Gasteiger partial charge < -0.3 is 4.74 Å². The van der Waals surface area contributed by atoms with Gasteiger partial charge >= 0.3 is 5.69 Å². The Kier molecular flexibility index (Phi) is 3.09. The standard InChI is InChI=1S/C10H5F2N3O3/c11-7-3-6(1-2-8(7)15(16)17)18-10-4-9(12)13-5-14-10/h1-5H. The first kappa shape index (κ1) is 11.8. The van der Waals surface area contributed by atoms with Crippen LogP contribution in [0.2, 0.25) is 0 Å². The Bertz CT molecular complexity index is 607. The van der Waals surface area contributed by atoms with Crippen LogP contribution in [0.5, 0.6) is 11.6 Å². The van der Waals surface area contributed by atoms with Crippen LogP contribution in [0.3, 0.4) is 0 Å². The molecule has 8 heteroatoms. The zero-order valence-electron chi connectivity index (χ0n) is 8.71. The topological polar surface area (TPSA) is 78.2 Å². The molecule has 92 valence electrons. The summed E-state index contributed by atoms with van der Waals surface area (Å²) in [5.74, 6) is -2.01. The fourth-order valence-electron chi connectivity index (χ4n) is 1.19. The summed E-state index contributed by atoms with van der Waals surface area (Å²) in [4.78, 5) is 16.3. The van der Waals surface area contributed by atoms with Crippen LogP contribution in [0, 0.1) is 21.9 Å². The van der Waals surface area contributed by atoms with E-state index in [4.69, 9.17) is 4.74 Å². The van der Waals surface area contributed by atoms with Gasteiger partial charge in [0.25, 0.3) is 0 Å². The van der Waals surface area contributed by atoms with Crippen LogP contribution in [0.4, 0.5) is 14.5 Å². The summed E-state index contributed by atoms with van der Waals surface area (Å²) in [6, 6.07) is 3.85. The molecule has 0 saturated heterocycles. The van der Waals surface area contributed by atoms with Gasteiger partial charge in [0, 0.05) is 12.1 Å². The zero-order chi connectivity index (χ0) is 13.1. The molecule has 0 aliphatic rings. The van der Waals surface area contributed by atoms with Crippen LogP contribution < -0.4 is 4.74 Å². The molecule has 0 fully saturated rings. The Balaban J connectivity index is 2.25. The van der Waals surface area contributed by atoms with E-state index in [1.165, 1.54) is 6.07 Å². The summed E-state index contributed by atoms with van der Waals surface area (Å²) < 4.78 is 31.0. The van der Waals surface area contributed by atoms with Crippen molar-refractivity contribution in [2.75, 3.05) is 0 Å². The summed E-state index contributed by atoms with van der Waals surface area (Å²) in [6.07, 6.45) is 0.937. The second-order valence-electron chi connectivity index (χ2n) is 3.15. The second kappa shape index (κ2) is 4.70. The Morgan fingerprint density at radius 1 is 1.22 bits per heavy atom. The largest absolute Gasteiger partial charge is 0.439 e. The van der Waals surface area contributed by atoms with Gasteiger partial charge in [0.1, 0.15) is 12.1 Å². The average Bonchev–Trinajstić information content (AvgIpc) is 2.28. The summed E-state index contributed by atoms with van der Waals surface area (Å²) in [7, 11) is 0. The van der Waals surface area contributed by atoms with Crippen LogP contribution >= 0.6 is 0 Å². The van der Waals surface area contributed by atoms with Crippen molar-refractivity contribution >= 4 is 5.69 Å². The Hall–Kier alpha value is -2.64. The van der Waals surface area contributed by atoms with Crippen molar-refractivity contribution in [2.24, 2.45) is 0 Å². The van der Waals surface area contributed by atoms with E-state index in [1.807, 2.05) is 0 Å². The number of nitro benzene ring substituents is 1. The lowest BCUT2D eigenvalue weighted by Gasteiger charge is -2.04. The van der Waals surface area contributed by atoms with E-state index in [-0.39, 0.29) is 11.6 Å². The number of ether oxygens (including phenoxy) is 1. The molecule has 6 nitrogen and oxygen atoms in total. The molecular weight excluding hydrogens is 248 g/mol. The molecule has 0 spiro atoms. The molecule has 0 unspecified atom stereocenters. The molecule has 0 bridgehead atoms. The van der Waals surface area contributed by atoms with Crippen LogP contribution in [0.15, 0.2) is 30.6 Å². The fourth-order valence-corrected chi connectivity index (χ4v) is 1.19. The average molecular weight is 253 g/mol. The zero-order valence-corrected chi connectivity index (χ0v) is 8.71. The van der Waals surface area contributed by atoms with Gasteiger partial charge in [0.15, 0.2) is 0 Å². The van der Waals surface area contributed by atoms with Crippen molar-refractivity contribution in [1.29, 1.82) is 0 Å². The lowest BCUT2D eigenvalue weighted by Crippen LogP contribution is -1.94. The summed E-state index contributed by atoms with van der Waals surface area (Å²) in [5.41, 5.74) is -0.670. The highest BCUT2D eigenvalue weighted by atomic mass is 19.1. The maximum atomic E-state index is 13.3. The van der Waals surface area contributed by atoms with Gasteiger partial charge in [0.2, 0.25) is 17.6 Å². The normalized spacial score (nSPS) is 10.1. The monoisotopic (exact) mass is 253 g/mol. The van der Waals surface area contributed by atoms with Gasteiger partial charge in [-0.25, -0.2) is 9.97 Å². The van der Waals surface area contributed by atoms with Gasteiger partial charge in [-0.05, 0) is 6.07 Å². The Labute approximate surface area is 99.0 Å². The minimum atomic E-state index is -1.05. The lowest BCUT2D eigenvalue weighted by molar-refractivity contribution is -0.387.